The van der Waals surface area contributed by atoms with Crippen LogP contribution in [0.25, 0.3) is 0 Å². The molecule has 1 aliphatic heterocycles. The zero-order chi connectivity index (χ0) is 21.4. The van der Waals surface area contributed by atoms with Gasteiger partial charge < -0.3 is 69.4 Å². The van der Waals surface area contributed by atoms with Crippen LogP contribution < -0.4 is 5.69 Å². The minimum atomic E-state index is -0.0521. The van der Waals surface area contributed by atoms with Crippen molar-refractivity contribution in [1.82, 2.24) is 18.9 Å². The van der Waals surface area contributed by atoms with Crippen molar-refractivity contribution in [3.63, 3.8) is 0 Å². The Balaban J connectivity index is 0.000000523. The van der Waals surface area contributed by atoms with Crippen molar-refractivity contribution in [3.05, 3.63) is 32.9 Å². The van der Waals surface area contributed by atoms with E-state index in [1.54, 1.807) is 9.13 Å². The van der Waals surface area contributed by atoms with Gasteiger partial charge in [0.05, 0.1) is 0 Å². The number of hydrogen-bond donors (Lipinski definition) is 0. The second-order valence-corrected chi connectivity index (χ2v) is 8.07. The smallest absolute Gasteiger partial charge is 0.762 e. The molecule has 0 bridgehead atoms. The monoisotopic (exact) mass is 653 g/mol. The van der Waals surface area contributed by atoms with E-state index in [1.165, 1.54) is 0 Å². The van der Waals surface area contributed by atoms with Crippen molar-refractivity contribution in [2.45, 2.75) is 76.5 Å². The van der Waals surface area contributed by atoms with Crippen molar-refractivity contribution < 1.29 is 21.1 Å². The summed E-state index contributed by atoms with van der Waals surface area (Å²) in [6.45, 7) is 15.5. The van der Waals surface area contributed by atoms with Gasteiger partial charge in [-0.05, 0) is 25.7 Å². The Morgan fingerprint density at radius 2 is 1.00 bits per heavy atom. The average Bonchev–Trinajstić information content (AvgIpc) is 2.99. The van der Waals surface area contributed by atoms with Gasteiger partial charge in [-0.1, -0.05) is 34.3 Å². The average molecular weight is 654 g/mol. The molecule has 2 rings (SSSR count). The molecule has 29 heavy (non-hydrogen) atoms. The number of imidazole rings is 1. The van der Waals surface area contributed by atoms with E-state index in [9.17, 15) is 4.79 Å². The Morgan fingerprint density at radius 3 is 1.28 bits per heavy atom. The predicted octanol–water partition coefficient (Wildman–Crippen LogP) is 3.39. The van der Waals surface area contributed by atoms with Crippen LogP contribution in [-0.4, -0.2) is 32.0 Å². The number of rotatable bonds is 8. The van der Waals surface area contributed by atoms with Gasteiger partial charge in [0.2, 0.25) is 0 Å². The molecule has 0 amide bonds. The molecule has 0 radical (unpaired) electrons. The standard InChI is InChI=1S/C10H18N2S2.C9H16N2OS2.Pt/c1-4-6-11-8(3)12(7-5-2)10(14)9(11)13;1-3-5-10-7(13)8(14)11(6-4-2)9(10)12;/h13-14H,3-7H2,1-2H3;13-14H,3-6H2,1-2H3;/q;;+4/p-4. The molecule has 1 aromatic rings. The Bertz CT molecular complexity index is 704. The van der Waals surface area contributed by atoms with Gasteiger partial charge in [0.25, 0.3) is 0 Å². The van der Waals surface area contributed by atoms with E-state index < -0.39 is 0 Å². The van der Waals surface area contributed by atoms with E-state index in [-0.39, 0.29) is 26.8 Å². The summed E-state index contributed by atoms with van der Waals surface area (Å²) in [6.07, 6.45) is 3.91. The van der Waals surface area contributed by atoms with Gasteiger partial charge in [-0.2, -0.15) is 0 Å². The van der Waals surface area contributed by atoms with Crippen LogP contribution in [0.1, 0.15) is 53.4 Å². The Kier molecular flexibility index (Phi) is 13.7. The van der Waals surface area contributed by atoms with Crippen molar-refractivity contribution in [1.29, 1.82) is 0 Å². The Morgan fingerprint density at radius 1 is 0.690 bits per heavy atom. The summed E-state index contributed by atoms with van der Waals surface area (Å²) in [5.74, 6) is 0.948. The van der Waals surface area contributed by atoms with Gasteiger partial charge in [0.15, 0.2) is 0 Å². The molecule has 0 spiro atoms. The summed E-state index contributed by atoms with van der Waals surface area (Å²) in [6, 6.07) is 0. The molecule has 2 heterocycles. The molecule has 0 saturated carbocycles. The number of aromatic nitrogens is 2. The summed E-state index contributed by atoms with van der Waals surface area (Å²) in [5, 5.41) is 2.56. The maximum Gasteiger partial charge on any atom is 4.00 e. The second kappa shape index (κ2) is 13.9. The normalized spacial score (nSPS) is 13.4. The topological polar surface area (TPSA) is 33.4 Å². The van der Waals surface area contributed by atoms with Crippen LogP contribution in [0, 0.1) is 0 Å². The van der Waals surface area contributed by atoms with Crippen molar-refractivity contribution >= 4 is 50.5 Å². The van der Waals surface area contributed by atoms with Crippen molar-refractivity contribution in [3.8, 4) is 0 Å². The fourth-order valence-electron chi connectivity index (χ4n) is 2.91. The zero-order valence-electron chi connectivity index (χ0n) is 17.5. The minimum Gasteiger partial charge on any atom is -0.762 e. The molecule has 10 heteroatoms. The largest absolute Gasteiger partial charge is 4.00 e. The van der Waals surface area contributed by atoms with Gasteiger partial charge in [-0.3, -0.25) is 0 Å². The molecule has 5 nitrogen and oxygen atoms in total. The molecule has 0 atom stereocenters. The van der Waals surface area contributed by atoms with Crippen LogP contribution in [0.5, 0.6) is 0 Å². The first-order valence-electron chi connectivity index (χ1n) is 9.76. The summed E-state index contributed by atoms with van der Waals surface area (Å²) in [4.78, 5) is 15.9. The maximum atomic E-state index is 11.8. The fourth-order valence-corrected chi connectivity index (χ4v) is 4.08. The van der Waals surface area contributed by atoms with Gasteiger partial charge in [0.1, 0.15) is 5.82 Å². The van der Waals surface area contributed by atoms with Crippen LogP contribution in [0.2, 0.25) is 0 Å². The van der Waals surface area contributed by atoms with Crippen LogP contribution in [0.3, 0.4) is 0 Å². The first kappa shape index (κ1) is 28.7. The first-order valence-corrected chi connectivity index (χ1v) is 11.4. The van der Waals surface area contributed by atoms with E-state index in [2.05, 4.69) is 20.4 Å². The van der Waals surface area contributed by atoms with Crippen molar-refractivity contribution in [2.24, 2.45) is 0 Å². The van der Waals surface area contributed by atoms with Gasteiger partial charge in [-0.15, -0.1) is 20.1 Å². The van der Waals surface area contributed by atoms with Crippen LogP contribution in [0.4, 0.5) is 0 Å². The van der Waals surface area contributed by atoms with Crippen LogP contribution in [-0.2, 0) is 84.7 Å². The third kappa shape index (κ3) is 6.82. The summed E-state index contributed by atoms with van der Waals surface area (Å²) >= 11 is 20.8. The predicted molar refractivity (Wildman–Crippen MR) is 125 cm³/mol. The molecule has 0 fully saturated rings. The fraction of sp³-hybridized carbons (Fsp3) is 0.632. The molecule has 1 aliphatic rings. The molecule has 0 aromatic carbocycles. The third-order valence-electron chi connectivity index (χ3n) is 4.22. The molecule has 0 aliphatic carbocycles. The summed E-state index contributed by atoms with van der Waals surface area (Å²) in [5.41, 5.74) is -0.0521. The molecule has 0 unspecified atom stereocenters. The third-order valence-corrected chi connectivity index (χ3v) is 6.13. The zero-order valence-corrected chi connectivity index (χ0v) is 23.0. The SMILES string of the molecule is C=C1N(CCC)C([S-])=C([S-])N1CCC.CCCn1c([S-])c([S-])n(CCC)c1=O.[Pt+4]. The molecular formula is C19H30N4OPtS4. The molecule has 0 N–H and O–H groups in total. The number of hydrogen-bond acceptors (Lipinski definition) is 7. The van der Waals surface area contributed by atoms with Gasteiger partial charge >= 0.3 is 26.8 Å². The first-order chi connectivity index (χ1) is 13.3. The molecular weight excluding hydrogens is 624 g/mol. The van der Waals surface area contributed by atoms with Crippen LogP contribution >= 0.6 is 0 Å². The van der Waals surface area contributed by atoms with Gasteiger partial charge in [-0.25, -0.2) is 4.79 Å². The van der Waals surface area contributed by atoms with Crippen LogP contribution in [0.15, 0.2) is 37.3 Å². The molecule has 166 valence electrons. The van der Waals surface area contributed by atoms with Crippen molar-refractivity contribution in [2.75, 3.05) is 13.1 Å². The molecule has 0 saturated heterocycles. The van der Waals surface area contributed by atoms with Gasteiger partial charge in [0, 0.05) is 26.2 Å². The van der Waals surface area contributed by atoms with E-state index in [1.807, 2.05) is 23.6 Å². The Labute approximate surface area is 211 Å². The van der Waals surface area contributed by atoms with E-state index >= 15 is 0 Å². The number of nitrogens with zero attached hydrogens (tertiary/aromatic N) is 4. The van der Waals surface area contributed by atoms with E-state index in [0.717, 1.165) is 54.7 Å². The Hall–Kier alpha value is -0.342. The summed E-state index contributed by atoms with van der Waals surface area (Å²) in [7, 11) is 0. The van der Waals surface area contributed by atoms with E-state index in [0.29, 0.717) is 23.1 Å². The molecule has 1 aromatic heterocycles. The second-order valence-electron chi connectivity index (χ2n) is 6.53. The van der Waals surface area contributed by atoms with E-state index in [4.69, 9.17) is 50.5 Å². The quantitative estimate of drug-likeness (QED) is 0.398. The summed E-state index contributed by atoms with van der Waals surface area (Å²) < 4.78 is 3.18. The maximum absolute atomic E-state index is 11.8. The minimum absolute atomic E-state index is 0.